The largest absolute Gasteiger partial charge is 0.207 e. The van der Waals surface area contributed by atoms with Crippen molar-refractivity contribution in [1.29, 1.82) is 0 Å². The second-order valence-corrected chi connectivity index (χ2v) is 5.34. The second kappa shape index (κ2) is 5.48. The van der Waals surface area contributed by atoms with E-state index in [4.69, 9.17) is 23.2 Å². The van der Waals surface area contributed by atoms with Gasteiger partial charge in [-0.1, -0.05) is 23.7 Å². The summed E-state index contributed by atoms with van der Waals surface area (Å²) in [6, 6.07) is 7.51. The fourth-order valence-corrected chi connectivity index (χ4v) is 2.51. The summed E-state index contributed by atoms with van der Waals surface area (Å²) in [6.45, 7) is 3.31. The molecule has 0 heterocycles. The lowest BCUT2D eigenvalue weighted by Gasteiger charge is -2.14. The third-order valence-corrected chi connectivity index (χ3v) is 3.84. The molecule has 0 aliphatic rings. The lowest BCUT2D eigenvalue weighted by molar-refractivity contribution is 0.617. The van der Waals surface area contributed by atoms with Gasteiger partial charge in [0.15, 0.2) is 0 Å². The Morgan fingerprint density at radius 1 is 0.947 bits per heavy atom. The zero-order valence-corrected chi connectivity index (χ0v) is 12.0. The summed E-state index contributed by atoms with van der Waals surface area (Å²) in [7, 11) is 0. The summed E-state index contributed by atoms with van der Waals surface area (Å²) in [4.78, 5) is 0. The molecule has 1 unspecified atom stereocenters. The van der Waals surface area contributed by atoms with E-state index >= 15 is 0 Å². The van der Waals surface area contributed by atoms with Gasteiger partial charge >= 0.3 is 0 Å². The van der Waals surface area contributed by atoms with Crippen LogP contribution in [-0.2, 0) is 0 Å². The zero-order valence-electron chi connectivity index (χ0n) is 10.5. The second-order valence-electron chi connectivity index (χ2n) is 4.49. The van der Waals surface area contributed by atoms with Crippen molar-refractivity contribution in [1.82, 2.24) is 0 Å². The first-order valence-electron chi connectivity index (χ1n) is 5.76. The van der Waals surface area contributed by atoms with Crippen molar-refractivity contribution in [3.05, 3.63) is 69.2 Å². The van der Waals surface area contributed by atoms with Crippen molar-refractivity contribution in [3.63, 3.8) is 0 Å². The molecule has 2 rings (SSSR count). The summed E-state index contributed by atoms with van der Waals surface area (Å²) >= 11 is 12.4. The third kappa shape index (κ3) is 2.90. The molecule has 0 amide bonds. The molecule has 0 aliphatic heterocycles. The molecule has 0 saturated heterocycles. The normalized spacial score (nSPS) is 12.5. The molecule has 0 N–H and O–H groups in total. The molecule has 0 spiro atoms. The van der Waals surface area contributed by atoms with Crippen molar-refractivity contribution in [3.8, 4) is 0 Å². The van der Waals surface area contributed by atoms with Crippen molar-refractivity contribution in [2.24, 2.45) is 0 Å². The number of hydrogen-bond donors (Lipinski definition) is 0. The minimum Gasteiger partial charge on any atom is -0.207 e. The van der Waals surface area contributed by atoms with Crippen LogP contribution in [-0.4, -0.2) is 0 Å². The van der Waals surface area contributed by atoms with Crippen molar-refractivity contribution in [2.45, 2.75) is 19.2 Å². The molecule has 19 heavy (non-hydrogen) atoms. The maximum absolute atomic E-state index is 13.4. The van der Waals surface area contributed by atoms with Crippen LogP contribution in [0.2, 0.25) is 5.02 Å². The predicted octanol–water partition coefficient (Wildman–Crippen LogP) is 5.56. The van der Waals surface area contributed by atoms with E-state index in [1.165, 1.54) is 12.1 Å². The number of halogens is 4. The van der Waals surface area contributed by atoms with Crippen molar-refractivity contribution in [2.75, 3.05) is 0 Å². The Balaban J connectivity index is 2.46. The summed E-state index contributed by atoms with van der Waals surface area (Å²) < 4.78 is 26.6. The Bertz CT molecular complexity index is 624. The van der Waals surface area contributed by atoms with Gasteiger partial charge in [-0.05, 0) is 54.3 Å². The van der Waals surface area contributed by atoms with Gasteiger partial charge in [0.1, 0.15) is 11.6 Å². The molecule has 4 heteroatoms. The molecule has 2 aromatic carbocycles. The molecule has 100 valence electrons. The van der Waals surface area contributed by atoms with E-state index in [1.54, 1.807) is 32.0 Å². The van der Waals surface area contributed by atoms with Crippen LogP contribution in [0.15, 0.2) is 30.3 Å². The van der Waals surface area contributed by atoms with Crippen LogP contribution in [0.3, 0.4) is 0 Å². The van der Waals surface area contributed by atoms with E-state index in [0.717, 1.165) is 5.56 Å². The highest BCUT2D eigenvalue weighted by Crippen LogP contribution is 2.35. The molecule has 0 nitrogen and oxygen atoms in total. The van der Waals surface area contributed by atoms with Gasteiger partial charge in [-0.3, -0.25) is 0 Å². The van der Waals surface area contributed by atoms with Gasteiger partial charge in [-0.25, -0.2) is 8.78 Å². The molecule has 0 aromatic heterocycles. The van der Waals surface area contributed by atoms with Crippen LogP contribution in [0.4, 0.5) is 8.78 Å². The highest BCUT2D eigenvalue weighted by molar-refractivity contribution is 6.33. The Morgan fingerprint density at radius 3 is 2.21 bits per heavy atom. The van der Waals surface area contributed by atoms with Crippen LogP contribution >= 0.6 is 23.2 Å². The van der Waals surface area contributed by atoms with Gasteiger partial charge in [0, 0.05) is 5.02 Å². The number of hydrogen-bond acceptors (Lipinski definition) is 0. The smallest absolute Gasteiger partial charge is 0.127 e. The predicted molar refractivity (Wildman–Crippen MR) is 75.0 cm³/mol. The number of alkyl halides is 1. The number of rotatable bonds is 2. The SMILES string of the molecule is Cc1cc(C(Cl)c2cc(C)c(F)cc2Cl)ccc1F. The van der Waals surface area contributed by atoms with Crippen LogP contribution < -0.4 is 0 Å². The van der Waals surface area contributed by atoms with Gasteiger partial charge in [-0.2, -0.15) is 0 Å². The van der Waals surface area contributed by atoms with Crippen LogP contribution in [0, 0.1) is 25.5 Å². The molecule has 1 atom stereocenters. The summed E-state index contributed by atoms with van der Waals surface area (Å²) in [5.41, 5.74) is 2.34. The van der Waals surface area contributed by atoms with Crippen LogP contribution in [0.25, 0.3) is 0 Å². The molecule has 0 bridgehead atoms. The van der Waals surface area contributed by atoms with Gasteiger partial charge < -0.3 is 0 Å². The monoisotopic (exact) mass is 300 g/mol. The zero-order chi connectivity index (χ0) is 14.2. The number of benzene rings is 2. The summed E-state index contributed by atoms with van der Waals surface area (Å²) in [5, 5.41) is -0.267. The third-order valence-electron chi connectivity index (χ3n) is 3.03. The van der Waals surface area contributed by atoms with Crippen LogP contribution in [0.1, 0.15) is 27.6 Å². The molecule has 0 fully saturated rings. The Hall–Kier alpha value is -1.12. The fourth-order valence-electron chi connectivity index (χ4n) is 1.88. The van der Waals surface area contributed by atoms with Crippen LogP contribution in [0.5, 0.6) is 0 Å². The average molecular weight is 301 g/mol. The van der Waals surface area contributed by atoms with E-state index in [1.807, 2.05) is 0 Å². The first kappa shape index (κ1) is 14.3. The van der Waals surface area contributed by atoms with Gasteiger partial charge in [0.2, 0.25) is 0 Å². The molecule has 0 aliphatic carbocycles. The molecule has 0 saturated carbocycles. The Kier molecular flexibility index (Phi) is 4.12. The van der Waals surface area contributed by atoms with Gasteiger partial charge in [-0.15, -0.1) is 11.6 Å². The topological polar surface area (TPSA) is 0 Å². The maximum Gasteiger partial charge on any atom is 0.127 e. The minimum absolute atomic E-state index is 0.269. The Labute approximate surface area is 121 Å². The summed E-state index contributed by atoms with van der Waals surface area (Å²) in [5.74, 6) is -0.651. The molecule has 0 radical (unpaired) electrons. The van der Waals surface area contributed by atoms with E-state index in [9.17, 15) is 8.78 Å². The molecular formula is C15H12Cl2F2. The lowest BCUT2D eigenvalue weighted by Crippen LogP contribution is -1.98. The minimum atomic E-state index is -0.536. The van der Waals surface area contributed by atoms with Crippen molar-refractivity contribution < 1.29 is 8.78 Å². The fraction of sp³-hybridized carbons (Fsp3) is 0.200. The lowest BCUT2D eigenvalue weighted by atomic mass is 10.0. The van der Waals surface area contributed by atoms with E-state index < -0.39 is 5.38 Å². The Morgan fingerprint density at radius 2 is 1.58 bits per heavy atom. The molecule has 2 aromatic rings. The summed E-state index contributed by atoms with van der Waals surface area (Å²) in [6.07, 6.45) is 0. The van der Waals surface area contributed by atoms with E-state index in [-0.39, 0.29) is 16.7 Å². The highest BCUT2D eigenvalue weighted by Gasteiger charge is 2.17. The standard InChI is InChI=1S/C15H12Cl2F2/c1-8-5-10(3-4-13(8)18)15(17)11-6-9(2)14(19)7-12(11)16/h3-7,15H,1-2H3. The maximum atomic E-state index is 13.4. The first-order chi connectivity index (χ1) is 8.90. The van der Waals surface area contributed by atoms with E-state index in [0.29, 0.717) is 16.7 Å². The molecular weight excluding hydrogens is 289 g/mol. The average Bonchev–Trinajstić information content (AvgIpc) is 2.36. The van der Waals surface area contributed by atoms with Gasteiger partial charge in [0.05, 0.1) is 5.38 Å². The first-order valence-corrected chi connectivity index (χ1v) is 6.57. The highest BCUT2D eigenvalue weighted by atomic mass is 35.5. The van der Waals surface area contributed by atoms with E-state index in [2.05, 4.69) is 0 Å². The van der Waals surface area contributed by atoms with Crippen molar-refractivity contribution >= 4 is 23.2 Å². The number of aryl methyl sites for hydroxylation is 2. The quantitative estimate of drug-likeness (QED) is 0.637. The van der Waals surface area contributed by atoms with Gasteiger partial charge in [0.25, 0.3) is 0 Å².